The van der Waals surface area contributed by atoms with Gasteiger partial charge in [-0.15, -0.1) is 0 Å². The van der Waals surface area contributed by atoms with E-state index in [4.69, 9.17) is 4.74 Å². The third-order valence-corrected chi connectivity index (χ3v) is 2.87. The lowest BCUT2D eigenvalue weighted by Crippen LogP contribution is -2.15. The molecule has 0 aliphatic heterocycles. The SMILES string of the molecule is COC(=O)/C=C/COc1ccc(F)cc1C=C(C(=O)OC)C(=O)OC. The molecule has 0 saturated carbocycles. The van der Waals surface area contributed by atoms with Crippen molar-refractivity contribution >= 4 is 24.0 Å². The molecule has 0 radical (unpaired) electrons. The Bertz CT molecular complexity index is 689. The quantitative estimate of drug-likeness (QED) is 0.242. The van der Waals surface area contributed by atoms with Crippen molar-refractivity contribution in [3.63, 3.8) is 0 Å². The lowest BCUT2D eigenvalue weighted by Gasteiger charge is -2.09. The Hall–Kier alpha value is -3.16. The third kappa shape index (κ3) is 6.09. The fourth-order valence-electron chi connectivity index (χ4n) is 1.69. The number of benzene rings is 1. The van der Waals surface area contributed by atoms with E-state index in [1.807, 2.05) is 0 Å². The molecule has 0 aliphatic carbocycles. The summed E-state index contributed by atoms with van der Waals surface area (Å²) in [6, 6.07) is 3.54. The van der Waals surface area contributed by atoms with Gasteiger partial charge in [0, 0.05) is 11.6 Å². The molecular formula is C17H17FO7. The second kappa shape index (κ2) is 9.86. The van der Waals surface area contributed by atoms with E-state index in [-0.39, 0.29) is 17.9 Å². The second-order valence-electron chi connectivity index (χ2n) is 4.46. The number of carbonyl (C=O) groups is 3. The lowest BCUT2D eigenvalue weighted by molar-refractivity contribution is -0.144. The summed E-state index contributed by atoms with van der Waals surface area (Å²) >= 11 is 0. The first kappa shape index (κ1) is 19.9. The molecule has 1 aromatic carbocycles. The van der Waals surface area contributed by atoms with Gasteiger partial charge in [0.2, 0.25) is 0 Å². The van der Waals surface area contributed by atoms with E-state index in [1.54, 1.807) is 0 Å². The molecule has 134 valence electrons. The fraction of sp³-hybridized carbons (Fsp3) is 0.235. The van der Waals surface area contributed by atoms with Crippen LogP contribution in [-0.2, 0) is 28.6 Å². The summed E-state index contributed by atoms with van der Waals surface area (Å²) in [6.45, 7) is -0.0205. The molecule has 7 nitrogen and oxygen atoms in total. The molecule has 0 atom stereocenters. The average Bonchev–Trinajstić information content (AvgIpc) is 2.62. The van der Waals surface area contributed by atoms with Crippen LogP contribution in [0, 0.1) is 5.82 Å². The molecule has 0 bridgehead atoms. The normalized spacial score (nSPS) is 10.1. The van der Waals surface area contributed by atoms with E-state index in [2.05, 4.69) is 14.2 Å². The Morgan fingerprint density at radius 3 is 2.24 bits per heavy atom. The number of ether oxygens (including phenoxy) is 4. The maximum atomic E-state index is 13.5. The minimum Gasteiger partial charge on any atom is -0.489 e. The third-order valence-electron chi connectivity index (χ3n) is 2.87. The standard InChI is InChI=1S/C17H17FO7/c1-22-15(19)5-4-8-25-14-7-6-12(18)9-11(14)10-13(16(20)23-2)17(21)24-3/h4-7,9-10H,8H2,1-3H3/b5-4+. The maximum Gasteiger partial charge on any atom is 0.345 e. The molecule has 1 rings (SSSR count). The zero-order chi connectivity index (χ0) is 18.8. The predicted octanol–water partition coefficient (Wildman–Crippen LogP) is 1.66. The van der Waals surface area contributed by atoms with Gasteiger partial charge in [0.25, 0.3) is 0 Å². The van der Waals surface area contributed by atoms with E-state index in [0.29, 0.717) is 0 Å². The monoisotopic (exact) mass is 352 g/mol. The zero-order valence-electron chi connectivity index (χ0n) is 13.9. The Kier molecular flexibility index (Phi) is 7.85. The molecule has 0 saturated heterocycles. The molecule has 0 aliphatic rings. The van der Waals surface area contributed by atoms with Crippen molar-refractivity contribution in [1.82, 2.24) is 0 Å². The van der Waals surface area contributed by atoms with Crippen molar-refractivity contribution in [3.05, 3.63) is 47.3 Å². The Balaban J connectivity index is 3.12. The summed E-state index contributed by atoms with van der Waals surface area (Å²) in [4.78, 5) is 34.4. The van der Waals surface area contributed by atoms with Crippen molar-refractivity contribution in [2.24, 2.45) is 0 Å². The van der Waals surface area contributed by atoms with Crippen LogP contribution in [0.3, 0.4) is 0 Å². The number of methoxy groups -OCH3 is 3. The largest absolute Gasteiger partial charge is 0.489 e. The highest BCUT2D eigenvalue weighted by molar-refractivity contribution is 6.17. The van der Waals surface area contributed by atoms with E-state index < -0.39 is 29.3 Å². The van der Waals surface area contributed by atoms with Crippen LogP contribution in [0.2, 0.25) is 0 Å². The van der Waals surface area contributed by atoms with Gasteiger partial charge in [-0.3, -0.25) is 0 Å². The average molecular weight is 352 g/mol. The summed E-state index contributed by atoms with van der Waals surface area (Å²) in [6.07, 6.45) is 3.65. The second-order valence-corrected chi connectivity index (χ2v) is 4.46. The zero-order valence-corrected chi connectivity index (χ0v) is 13.9. The van der Waals surface area contributed by atoms with Crippen molar-refractivity contribution < 1.29 is 37.7 Å². The first-order valence-corrected chi connectivity index (χ1v) is 6.98. The highest BCUT2D eigenvalue weighted by Gasteiger charge is 2.20. The van der Waals surface area contributed by atoms with Crippen LogP contribution in [0.5, 0.6) is 5.75 Å². The van der Waals surface area contributed by atoms with E-state index in [1.165, 1.54) is 19.3 Å². The van der Waals surface area contributed by atoms with E-state index in [9.17, 15) is 18.8 Å². The summed E-state index contributed by atoms with van der Waals surface area (Å²) in [5.74, 6) is -2.85. The first-order chi connectivity index (χ1) is 11.9. The molecule has 25 heavy (non-hydrogen) atoms. The molecule has 0 N–H and O–H groups in total. The molecular weight excluding hydrogens is 335 g/mol. The minimum atomic E-state index is -0.937. The van der Waals surface area contributed by atoms with Crippen molar-refractivity contribution in [3.8, 4) is 5.75 Å². The molecule has 0 amide bonds. The highest BCUT2D eigenvalue weighted by Crippen LogP contribution is 2.23. The van der Waals surface area contributed by atoms with Crippen LogP contribution in [0.25, 0.3) is 6.08 Å². The predicted molar refractivity (Wildman–Crippen MR) is 85.1 cm³/mol. The van der Waals surface area contributed by atoms with Gasteiger partial charge in [-0.05, 0) is 30.4 Å². The molecule has 0 aromatic heterocycles. The van der Waals surface area contributed by atoms with Crippen LogP contribution in [0.1, 0.15) is 5.56 Å². The van der Waals surface area contributed by atoms with Crippen LogP contribution >= 0.6 is 0 Å². The lowest BCUT2D eigenvalue weighted by atomic mass is 10.1. The molecule has 0 fully saturated rings. The highest BCUT2D eigenvalue weighted by atomic mass is 19.1. The summed E-state index contributed by atoms with van der Waals surface area (Å²) in [7, 11) is 3.43. The first-order valence-electron chi connectivity index (χ1n) is 6.98. The van der Waals surface area contributed by atoms with Gasteiger partial charge < -0.3 is 18.9 Å². The summed E-state index contributed by atoms with van der Waals surface area (Å²) in [5.41, 5.74) is -0.303. The van der Waals surface area contributed by atoms with Crippen LogP contribution in [0.15, 0.2) is 35.9 Å². The van der Waals surface area contributed by atoms with Gasteiger partial charge >= 0.3 is 17.9 Å². The molecule has 0 spiro atoms. The van der Waals surface area contributed by atoms with E-state index in [0.717, 1.165) is 38.5 Å². The van der Waals surface area contributed by atoms with Gasteiger partial charge in [-0.2, -0.15) is 0 Å². The van der Waals surface area contributed by atoms with Crippen LogP contribution < -0.4 is 4.74 Å². The number of rotatable bonds is 7. The molecule has 8 heteroatoms. The number of hydrogen-bond acceptors (Lipinski definition) is 7. The van der Waals surface area contributed by atoms with Crippen molar-refractivity contribution in [1.29, 1.82) is 0 Å². The Morgan fingerprint density at radius 2 is 1.68 bits per heavy atom. The number of carbonyl (C=O) groups excluding carboxylic acids is 3. The van der Waals surface area contributed by atoms with Crippen molar-refractivity contribution in [2.45, 2.75) is 0 Å². The maximum absolute atomic E-state index is 13.5. The molecule has 0 unspecified atom stereocenters. The number of esters is 3. The van der Waals surface area contributed by atoms with Gasteiger partial charge in [-0.25, -0.2) is 18.8 Å². The Labute approximate surface area is 143 Å². The molecule has 1 aromatic rings. The summed E-state index contributed by atoms with van der Waals surface area (Å²) < 4.78 is 32.4. The topological polar surface area (TPSA) is 88.1 Å². The van der Waals surface area contributed by atoms with E-state index >= 15 is 0 Å². The smallest absolute Gasteiger partial charge is 0.345 e. The molecule has 0 heterocycles. The van der Waals surface area contributed by atoms with Crippen molar-refractivity contribution in [2.75, 3.05) is 27.9 Å². The van der Waals surface area contributed by atoms with Crippen LogP contribution in [0.4, 0.5) is 4.39 Å². The van der Waals surface area contributed by atoms with Gasteiger partial charge in [0.1, 0.15) is 23.7 Å². The Morgan fingerprint density at radius 1 is 1.04 bits per heavy atom. The van der Waals surface area contributed by atoms with Gasteiger partial charge in [-0.1, -0.05) is 0 Å². The summed E-state index contributed by atoms with van der Waals surface area (Å²) in [5, 5.41) is 0. The van der Waals surface area contributed by atoms with Gasteiger partial charge in [0.05, 0.1) is 21.3 Å². The number of hydrogen-bond donors (Lipinski definition) is 0. The fourth-order valence-corrected chi connectivity index (χ4v) is 1.69. The van der Waals surface area contributed by atoms with Gasteiger partial charge in [0.15, 0.2) is 0 Å². The number of halogens is 1. The van der Waals surface area contributed by atoms with Crippen LogP contribution in [-0.4, -0.2) is 45.8 Å². The minimum absolute atomic E-state index is 0.0205.